The Balaban J connectivity index is 1.59. The van der Waals surface area contributed by atoms with Gasteiger partial charge in [-0.1, -0.05) is 17.7 Å². The van der Waals surface area contributed by atoms with Gasteiger partial charge in [0.05, 0.1) is 51.5 Å². The number of hydrogen-bond acceptors (Lipinski definition) is 11. The average Bonchev–Trinajstić information content (AvgIpc) is 3.05. The Morgan fingerprint density at radius 2 is 1.33 bits per heavy atom. The Kier molecular flexibility index (Phi) is 8.66. The van der Waals surface area contributed by atoms with Crippen LogP contribution >= 0.6 is 0 Å². The smallest absolute Gasteiger partial charge is 0.240 e. The van der Waals surface area contributed by atoms with Crippen LogP contribution in [0.4, 0.5) is 0 Å². The van der Waals surface area contributed by atoms with Crippen molar-refractivity contribution in [3.8, 4) is 40.6 Å². The topological polar surface area (TPSA) is 154 Å². The number of nitrogens with one attached hydrogen (secondary N) is 1. The number of ether oxygens (including phenoxy) is 4. The first-order valence-electron chi connectivity index (χ1n) is 15.7. The van der Waals surface area contributed by atoms with E-state index in [0.29, 0.717) is 57.9 Å². The summed E-state index contributed by atoms with van der Waals surface area (Å²) in [4.78, 5) is 4.22. The highest BCUT2D eigenvalue weighted by Crippen LogP contribution is 2.58. The van der Waals surface area contributed by atoms with E-state index in [9.17, 15) is 23.9 Å². The summed E-state index contributed by atoms with van der Waals surface area (Å²) in [5, 5.41) is 34.5. The lowest BCUT2D eigenvalue weighted by atomic mass is 9.71. The normalized spacial score (nSPS) is 23.4. The molecule has 0 amide bonds. The molecule has 0 spiro atoms. The highest BCUT2D eigenvalue weighted by molar-refractivity contribution is 7.89. The van der Waals surface area contributed by atoms with Gasteiger partial charge >= 0.3 is 0 Å². The number of aromatic hydroxyl groups is 2. The molecule has 1 saturated heterocycles. The van der Waals surface area contributed by atoms with E-state index >= 15 is 0 Å². The molecule has 0 radical (unpaired) electrons. The van der Waals surface area contributed by atoms with Crippen molar-refractivity contribution >= 4 is 10.0 Å². The van der Waals surface area contributed by atoms with Crippen LogP contribution in [0.5, 0.6) is 34.5 Å². The number of aryl methyl sites for hydroxylation is 1. The lowest BCUT2D eigenvalue weighted by Crippen LogP contribution is -2.68. The van der Waals surface area contributed by atoms with Gasteiger partial charge in [-0.2, -0.15) is 5.26 Å². The number of fused-ring (bicyclic) bond motifs is 7. The minimum absolute atomic E-state index is 0.000368. The fourth-order valence-electron chi connectivity index (χ4n) is 8.40. The van der Waals surface area contributed by atoms with Crippen LogP contribution in [0.3, 0.4) is 0 Å². The van der Waals surface area contributed by atoms with Crippen LogP contribution in [0.25, 0.3) is 0 Å². The molecule has 48 heavy (non-hydrogen) atoms. The van der Waals surface area contributed by atoms with Crippen LogP contribution in [0.1, 0.15) is 51.0 Å². The molecule has 0 saturated carbocycles. The lowest BCUT2D eigenvalue weighted by Gasteiger charge is -2.60. The fourth-order valence-corrected chi connectivity index (χ4v) is 9.44. The molecular weight excluding hydrogens is 636 g/mol. The maximum atomic E-state index is 13.6. The summed E-state index contributed by atoms with van der Waals surface area (Å²) in [6.45, 7) is 5.34. The summed E-state index contributed by atoms with van der Waals surface area (Å²) in [5.41, 5.74) is 4.73. The molecule has 6 rings (SSSR count). The summed E-state index contributed by atoms with van der Waals surface area (Å²) >= 11 is 0. The number of piperazine rings is 1. The third-order valence-electron chi connectivity index (χ3n) is 10.5. The van der Waals surface area contributed by atoms with Crippen molar-refractivity contribution < 1.29 is 37.6 Å². The Morgan fingerprint density at radius 3 is 1.85 bits per heavy atom. The monoisotopic (exact) mass is 678 g/mol. The fraction of sp³-hybridized carbons (Fsp3) is 0.457. The number of benzene rings is 3. The molecule has 0 aromatic heterocycles. The third-order valence-corrected chi connectivity index (χ3v) is 11.9. The number of hydrogen-bond donors (Lipinski definition) is 3. The van der Waals surface area contributed by atoms with E-state index < -0.39 is 34.2 Å². The second-order valence-corrected chi connectivity index (χ2v) is 14.5. The predicted octanol–water partition coefficient (Wildman–Crippen LogP) is 3.81. The number of nitrogens with zero attached hydrogens (tertiary/aromatic N) is 3. The molecular formula is C35H42N4O8S. The Labute approximate surface area is 281 Å². The molecule has 12 nitrogen and oxygen atoms in total. The molecule has 0 unspecified atom stereocenters. The van der Waals surface area contributed by atoms with Crippen molar-refractivity contribution in [1.82, 2.24) is 14.5 Å². The minimum Gasteiger partial charge on any atom is -0.504 e. The van der Waals surface area contributed by atoms with Crippen LogP contribution < -0.4 is 23.7 Å². The molecule has 3 heterocycles. The molecule has 13 heteroatoms. The Hall–Kier alpha value is -4.22. The second-order valence-electron chi connectivity index (χ2n) is 12.7. The van der Waals surface area contributed by atoms with E-state index in [-0.39, 0.29) is 34.7 Å². The van der Waals surface area contributed by atoms with Gasteiger partial charge in [0.2, 0.25) is 10.0 Å². The summed E-state index contributed by atoms with van der Waals surface area (Å²) in [5.74, 6) is 1.49. The van der Waals surface area contributed by atoms with Crippen molar-refractivity contribution in [3.05, 3.63) is 63.2 Å². The summed E-state index contributed by atoms with van der Waals surface area (Å²) in [6, 6.07) is 6.22. The van der Waals surface area contributed by atoms with Crippen LogP contribution in [0, 0.1) is 32.1 Å². The van der Waals surface area contributed by atoms with Crippen molar-refractivity contribution in [2.75, 3.05) is 42.0 Å². The standard InChI is InChI=1S/C35H42N4O8S/c1-17-9-11-20(12-10-17)48(42,43)37-16-26-27-21(32(44-5)18(2)34(46-7)30(27)40)14-24-29-28-22(13-23(38(29)4)25(15-36)39(24)26)33(45-6)19(3)35(47-8)31(28)41/h9-12,23-26,29,37,40-41H,13-14,16H2,1-8H3/t23-,24-,25-,26-,29-/m0/s1. The molecule has 256 valence electrons. The zero-order valence-corrected chi connectivity index (χ0v) is 29.2. The van der Waals surface area contributed by atoms with E-state index in [2.05, 4.69) is 15.7 Å². The van der Waals surface area contributed by atoms with Gasteiger partial charge in [-0.3, -0.25) is 9.80 Å². The van der Waals surface area contributed by atoms with E-state index in [1.165, 1.54) is 14.2 Å². The maximum Gasteiger partial charge on any atom is 0.240 e. The van der Waals surface area contributed by atoms with Crippen LogP contribution in [-0.4, -0.2) is 88.6 Å². The van der Waals surface area contributed by atoms with E-state index in [1.807, 2.05) is 25.8 Å². The minimum atomic E-state index is -3.99. The number of likely N-dealkylation sites (N-methyl/N-ethyl adjacent to an activating group) is 1. The number of sulfonamides is 1. The van der Waals surface area contributed by atoms with Gasteiger partial charge in [0, 0.05) is 52.0 Å². The molecule has 3 aliphatic heterocycles. The van der Waals surface area contributed by atoms with Gasteiger partial charge in [0.1, 0.15) is 17.5 Å². The number of nitriles is 1. The van der Waals surface area contributed by atoms with Gasteiger partial charge < -0.3 is 29.2 Å². The number of methoxy groups -OCH3 is 4. The summed E-state index contributed by atoms with van der Waals surface area (Å²) in [7, 11) is 4.03. The number of phenolic OH excluding ortho intramolecular Hbond substituents is 2. The van der Waals surface area contributed by atoms with Crippen LogP contribution in [0.15, 0.2) is 29.2 Å². The van der Waals surface area contributed by atoms with Crippen molar-refractivity contribution in [1.29, 1.82) is 5.26 Å². The van der Waals surface area contributed by atoms with E-state index in [4.69, 9.17) is 18.9 Å². The quantitative estimate of drug-likeness (QED) is 0.319. The first-order valence-corrected chi connectivity index (χ1v) is 17.2. The molecule has 3 aromatic carbocycles. The second kappa shape index (κ2) is 12.3. The SMILES string of the molecule is COc1c(C)c(OC)c2c(c1O)[C@@H]1[C@@H]3Cc4c(OC)c(C)c(OC)c(O)c4[C@H](CNS(=O)(=O)c4ccc(C)cc4)N3[C@@H](C#N)[C@H](C2)N1C. The van der Waals surface area contributed by atoms with Crippen molar-refractivity contribution in [2.24, 2.45) is 0 Å². The summed E-state index contributed by atoms with van der Waals surface area (Å²) in [6.07, 6.45) is 0.696. The van der Waals surface area contributed by atoms with Crippen LogP contribution in [-0.2, 0) is 22.9 Å². The Bertz CT molecular complexity index is 1920. The molecule has 3 aliphatic rings. The highest BCUT2D eigenvalue weighted by Gasteiger charge is 2.57. The third kappa shape index (κ3) is 4.84. The molecule has 0 aliphatic carbocycles. The zero-order chi connectivity index (χ0) is 34.8. The molecule has 1 fully saturated rings. The summed E-state index contributed by atoms with van der Waals surface area (Å²) < 4.78 is 53.2. The molecule has 3 N–H and O–H groups in total. The Morgan fingerprint density at radius 1 is 0.833 bits per heavy atom. The molecule has 2 bridgehead atoms. The van der Waals surface area contributed by atoms with Gasteiger partial charge in [-0.25, -0.2) is 13.1 Å². The average molecular weight is 679 g/mol. The van der Waals surface area contributed by atoms with Gasteiger partial charge in [0.15, 0.2) is 23.0 Å². The first-order chi connectivity index (χ1) is 22.9. The van der Waals surface area contributed by atoms with Gasteiger partial charge in [-0.15, -0.1) is 0 Å². The van der Waals surface area contributed by atoms with E-state index in [0.717, 1.165) is 11.1 Å². The zero-order valence-electron chi connectivity index (χ0n) is 28.4. The van der Waals surface area contributed by atoms with Gasteiger partial charge in [0.25, 0.3) is 0 Å². The first kappa shape index (κ1) is 33.7. The van der Waals surface area contributed by atoms with Crippen molar-refractivity contribution in [3.63, 3.8) is 0 Å². The molecule has 5 atom stereocenters. The lowest BCUT2D eigenvalue weighted by molar-refractivity contribution is -0.0720. The molecule has 3 aromatic rings. The number of rotatable bonds is 8. The highest BCUT2D eigenvalue weighted by atomic mass is 32.2. The largest absolute Gasteiger partial charge is 0.504 e. The predicted molar refractivity (Wildman–Crippen MR) is 178 cm³/mol. The van der Waals surface area contributed by atoms with E-state index in [1.54, 1.807) is 45.4 Å². The van der Waals surface area contributed by atoms with Crippen LogP contribution in [0.2, 0.25) is 0 Å². The maximum absolute atomic E-state index is 13.6. The van der Waals surface area contributed by atoms with Crippen molar-refractivity contribution in [2.45, 2.75) is 68.7 Å². The van der Waals surface area contributed by atoms with Gasteiger partial charge in [-0.05, 0) is 52.8 Å². The number of phenols is 2.